The molecule has 1 aliphatic carbocycles. The number of nitrogens with one attached hydrogen (secondary N) is 1. The molecule has 0 amide bonds. The first-order valence-electron chi connectivity index (χ1n) is 6.94. The summed E-state index contributed by atoms with van der Waals surface area (Å²) in [5.41, 5.74) is 2.84. The lowest BCUT2D eigenvalue weighted by Gasteiger charge is -2.13. The monoisotopic (exact) mass is 231 g/mol. The predicted molar refractivity (Wildman–Crippen MR) is 74.2 cm³/mol. The molecule has 0 aliphatic heterocycles. The Balaban J connectivity index is 1.66. The molecule has 3 unspecified atom stereocenters. The van der Waals surface area contributed by atoms with Crippen molar-refractivity contribution < 1.29 is 0 Å². The fraction of sp³-hybridized carbons (Fsp3) is 0.625. The van der Waals surface area contributed by atoms with Crippen LogP contribution >= 0.6 is 0 Å². The van der Waals surface area contributed by atoms with E-state index in [2.05, 4.69) is 50.4 Å². The molecule has 1 N–H and O–H groups in total. The Kier molecular flexibility index (Phi) is 4.22. The van der Waals surface area contributed by atoms with E-state index in [9.17, 15) is 0 Å². The van der Waals surface area contributed by atoms with Gasteiger partial charge in [0.1, 0.15) is 0 Å². The van der Waals surface area contributed by atoms with Gasteiger partial charge < -0.3 is 5.32 Å². The average molecular weight is 231 g/mol. The highest BCUT2D eigenvalue weighted by Gasteiger charge is 2.31. The molecule has 1 heteroatoms. The lowest BCUT2D eigenvalue weighted by Crippen LogP contribution is -2.28. The molecule has 0 heterocycles. The lowest BCUT2D eigenvalue weighted by atomic mass is 10.0. The summed E-state index contributed by atoms with van der Waals surface area (Å²) in [7, 11) is 0. The molecule has 3 atom stereocenters. The third-order valence-corrected chi connectivity index (χ3v) is 3.95. The smallest absolute Gasteiger partial charge is 0.00420 e. The van der Waals surface area contributed by atoms with Gasteiger partial charge in [0.2, 0.25) is 0 Å². The van der Waals surface area contributed by atoms with Crippen molar-refractivity contribution in [3.05, 3.63) is 35.4 Å². The van der Waals surface area contributed by atoms with Crippen LogP contribution in [0.5, 0.6) is 0 Å². The summed E-state index contributed by atoms with van der Waals surface area (Å²) in [6.07, 6.45) is 3.86. The van der Waals surface area contributed by atoms with Crippen LogP contribution in [0.25, 0.3) is 0 Å². The predicted octanol–water partition coefficient (Wildman–Crippen LogP) is 3.56. The fourth-order valence-corrected chi connectivity index (χ4v) is 2.39. The Bertz CT molecular complexity index is 358. The first-order chi connectivity index (χ1) is 8.15. The highest BCUT2D eigenvalue weighted by molar-refractivity contribution is 5.22. The van der Waals surface area contributed by atoms with Crippen molar-refractivity contribution in [1.82, 2.24) is 5.32 Å². The molecule has 1 fully saturated rings. The van der Waals surface area contributed by atoms with Gasteiger partial charge in [-0.2, -0.15) is 0 Å². The van der Waals surface area contributed by atoms with E-state index in [0.717, 1.165) is 11.8 Å². The van der Waals surface area contributed by atoms with Crippen molar-refractivity contribution in [2.24, 2.45) is 11.8 Å². The first-order valence-corrected chi connectivity index (χ1v) is 6.94. The molecule has 1 aromatic rings. The van der Waals surface area contributed by atoms with Crippen molar-refractivity contribution in [2.75, 3.05) is 6.54 Å². The van der Waals surface area contributed by atoms with Gasteiger partial charge in [0.15, 0.2) is 0 Å². The van der Waals surface area contributed by atoms with E-state index >= 15 is 0 Å². The van der Waals surface area contributed by atoms with Crippen LogP contribution in [0.4, 0.5) is 0 Å². The van der Waals surface area contributed by atoms with E-state index in [1.54, 1.807) is 0 Å². The Hall–Kier alpha value is -0.820. The van der Waals surface area contributed by atoms with Crippen LogP contribution in [-0.4, -0.2) is 12.6 Å². The van der Waals surface area contributed by atoms with E-state index in [4.69, 9.17) is 0 Å². The molecule has 0 spiro atoms. The Morgan fingerprint density at radius 1 is 1.41 bits per heavy atom. The molecule has 0 aromatic heterocycles. The summed E-state index contributed by atoms with van der Waals surface area (Å²) in [5, 5.41) is 3.66. The number of hydrogen-bond acceptors (Lipinski definition) is 1. The normalized spacial score (nSPS) is 24.6. The molecule has 1 aliphatic rings. The lowest BCUT2D eigenvalue weighted by molar-refractivity contribution is 0.491. The fourth-order valence-electron chi connectivity index (χ4n) is 2.39. The zero-order valence-electron chi connectivity index (χ0n) is 11.4. The minimum absolute atomic E-state index is 0.642. The first kappa shape index (κ1) is 12.6. The van der Waals surface area contributed by atoms with Gasteiger partial charge in [-0.3, -0.25) is 0 Å². The van der Waals surface area contributed by atoms with Crippen LogP contribution in [-0.2, 0) is 6.42 Å². The van der Waals surface area contributed by atoms with Gasteiger partial charge in [-0.1, -0.05) is 36.8 Å². The summed E-state index contributed by atoms with van der Waals surface area (Å²) in [6.45, 7) is 8.04. The summed E-state index contributed by atoms with van der Waals surface area (Å²) < 4.78 is 0. The van der Waals surface area contributed by atoms with Crippen molar-refractivity contribution in [3.63, 3.8) is 0 Å². The van der Waals surface area contributed by atoms with E-state index < -0.39 is 0 Å². The topological polar surface area (TPSA) is 12.0 Å². The molecule has 1 nitrogen and oxygen atoms in total. The maximum absolute atomic E-state index is 3.66. The maximum Gasteiger partial charge on any atom is 0.00420 e. The van der Waals surface area contributed by atoms with Gasteiger partial charge in [-0.25, -0.2) is 0 Å². The molecule has 2 rings (SSSR count). The van der Waals surface area contributed by atoms with E-state index in [0.29, 0.717) is 6.04 Å². The Labute approximate surface area is 106 Å². The van der Waals surface area contributed by atoms with Crippen LogP contribution in [0.1, 0.15) is 37.8 Å². The zero-order valence-corrected chi connectivity index (χ0v) is 11.4. The Morgan fingerprint density at radius 2 is 2.18 bits per heavy atom. The average Bonchev–Trinajstić information content (AvgIpc) is 3.00. The molecular formula is C16H25N. The highest BCUT2D eigenvalue weighted by Crippen LogP contribution is 2.36. The van der Waals surface area contributed by atoms with Crippen LogP contribution < -0.4 is 5.32 Å². The van der Waals surface area contributed by atoms with Crippen LogP contribution in [0.15, 0.2) is 24.3 Å². The third-order valence-electron chi connectivity index (χ3n) is 3.95. The summed E-state index contributed by atoms with van der Waals surface area (Å²) in [6, 6.07) is 9.51. The number of aryl methyl sites for hydroxylation is 2. The standard InChI is InChI=1S/C16H25N/c1-12-5-4-6-15(9-12)8-7-14(3)17-11-16-10-13(16)2/h4-6,9,13-14,16-17H,7-8,10-11H2,1-3H3. The van der Waals surface area contributed by atoms with E-state index in [-0.39, 0.29) is 0 Å². The van der Waals surface area contributed by atoms with Crippen LogP contribution in [0.3, 0.4) is 0 Å². The van der Waals surface area contributed by atoms with Gasteiger partial charge in [-0.05, 0) is 57.1 Å². The molecule has 1 saturated carbocycles. The van der Waals surface area contributed by atoms with Crippen LogP contribution in [0, 0.1) is 18.8 Å². The second-order valence-corrected chi connectivity index (χ2v) is 5.81. The van der Waals surface area contributed by atoms with Crippen molar-refractivity contribution in [1.29, 1.82) is 0 Å². The van der Waals surface area contributed by atoms with Crippen molar-refractivity contribution in [3.8, 4) is 0 Å². The summed E-state index contributed by atoms with van der Waals surface area (Å²) in [5.74, 6) is 1.92. The van der Waals surface area contributed by atoms with E-state index in [1.807, 2.05) is 0 Å². The van der Waals surface area contributed by atoms with Gasteiger partial charge in [-0.15, -0.1) is 0 Å². The Morgan fingerprint density at radius 3 is 2.82 bits per heavy atom. The van der Waals surface area contributed by atoms with Crippen molar-refractivity contribution in [2.45, 2.75) is 46.1 Å². The van der Waals surface area contributed by atoms with Gasteiger partial charge in [0.05, 0.1) is 0 Å². The van der Waals surface area contributed by atoms with Gasteiger partial charge in [0.25, 0.3) is 0 Å². The van der Waals surface area contributed by atoms with Crippen molar-refractivity contribution >= 4 is 0 Å². The van der Waals surface area contributed by atoms with E-state index in [1.165, 1.54) is 36.9 Å². The molecular weight excluding hydrogens is 206 g/mol. The maximum atomic E-state index is 3.66. The highest BCUT2D eigenvalue weighted by atomic mass is 14.9. The summed E-state index contributed by atoms with van der Waals surface area (Å²) in [4.78, 5) is 0. The molecule has 17 heavy (non-hydrogen) atoms. The second kappa shape index (κ2) is 5.68. The third kappa shape index (κ3) is 4.16. The van der Waals surface area contributed by atoms with Gasteiger partial charge >= 0.3 is 0 Å². The molecule has 1 aromatic carbocycles. The number of hydrogen-bond donors (Lipinski definition) is 1. The molecule has 0 radical (unpaired) electrons. The zero-order chi connectivity index (χ0) is 12.3. The quantitative estimate of drug-likeness (QED) is 0.789. The second-order valence-electron chi connectivity index (χ2n) is 5.81. The molecule has 0 bridgehead atoms. The minimum Gasteiger partial charge on any atom is -0.314 e. The van der Waals surface area contributed by atoms with Gasteiger partial charge in [0, 0.05) is 6.04 Å². The molecule has 94 valence electrons. The minimum atomic E-state index is 0.642. The largest absolute Gasteiger partial charge is 0.314 e. The van der Waals surface area contributed by atoms with Crippen LogP contribution in [0.2, 0.25) is 0 Å². The SMILES string of the molecule is Cc1cccc(CCC(C)NCC2CC2C)c1. The summed E-state index contributed by atoms with van der Waals surface area (Å²) >= 11 is 0. The molecule has 0 saturated heterocycles. The number of rotatable bonds is 6. The number of benzene rings is 1.